The molecule has 13 heteroatoms. The maximum absolute atomic E-state index is 10.7. The van der Waals surface area contributed by atoms with Crippen LogP contribution in [0.5, 0.6) is 0 Å². The summed E-state index contributed by atoms with van der Waals surface area (Å²) in [5, 5.41) is 8.14. The normalized spacial score (nSPS) is 10.5. The van der Waals surface area contributed by atoms with Gasteiger partial charge in [-0.2, -0.15) is 58.0 Å². The van der Waals surface area contributed by atoms with Crippen molar-refractivity contribution in [1.82, 2.24) is 10.2 Å². The number of alkyl halides is 3. The van der Waals surface area contributed by atoms with Crippen molar-refractivity contribution in [2.24, 2.45) is 0 Å². The number of nitrogens with zero attached hydrogens (tertiary/aromatic N) is 5. The van der Waals surface area contributed by atoms with Crippen LogP contribution in [0.25, 0.3) is 16.2 Å². The van der Waals surface area contributed by atoms with E-state index in [1.54, 1.807) is 21.8 Å². The van der Waals surface area contributed by atoms with Crippen LogP contribution in [-0.4, -0.2) is 24.0 Å². The third-order valence-electron chi connectivity index (χ3n) is 3.52. The quantitative estimate of drug-likeness (QED) is 0.149. The van der Waals surface area contributed by atoms with Crippen molar-refractivity contribution in [3.63, 3.8) is 0 Å². The van der Waals surface area contributed by atoms with Crippen LogP contribution >= 0.6 is 0 Å². The fourth-order valence-electron chi connectivity index (χ4n) is 1.88. The first-order chi connectivity index (χ1) is 16.7. The standard InChI is InChI=1S/2C9H7N2.C5H9N.CHF3O3S.Ir/c2*1-2-5-9(6-3-1)11-8-4-7-10-11;1-5(2,3)6-4;2-1(3,4)8(5,6)7;/h2*1-5,7-8H;1-3H3;(H,5,6,7);/q2*-1;;;. The van der Waals surface area contributed by atoms with Crippen molar-refractivity contribution in [2.45, 2.75) is 31.8 Å². The monoisotopic (exact) mass is 712 g/mol. The zero-order valence-electron chi connectivity index (χ0n) is 20.0. The third-order valence-corrected chi connectivity index (χ3v) is 4.10. The van der Waals surface area contributed by atoms with Crippen molar-refractivity contribution in [2.75, 3.05) is 0 Å². The Balaban J connectivity index is 0.000000477. The van der Waals surface area contributed by atoms with Crippen LogP contribution in [0.15, 0.2) is 85.5 Å². The van der Waals surface area contributed by atoms with E-state index in [9.17, 15) is 13.2 Å². The number of benzene rings is 2. The maximum atomic E-state index is 10.7. The SMILES string of the molecule is O=S(=O)(O)C(F)(F)F.[C-]#[N+]C(C)(C)C.[Ir].[c-]1ccccc1-[n+]1ccc[n-]1.[c-]1ccccc1-[n+]1ccc[n-]1. The molecule has 1 N–H and O–H groups in total. The zero-order valence-corrected chi connectivity index (χ0v) is 23.2. The topological polar surface area (TPSA) is 94.7 Å². The molecule has 37 heavy (non-hydrogen) atoms. The molecule has 0 bridgehead atoms. The van der Waals surface area contributed by atoms with Gasteiger partial charge in [-0.15, -0.1) is 36.7 Å². The maximum Gasteiger partial charge on any atom is 0.522 e. The summed E-state index contributed by atoms with van der Waals surface area (Å²) in [4.78, 5) is 3.27. The minimum atomic E-state index is -5.84. The van der Waals surface area contributed by atoms with E-state index in [-0.39, 0.29) is 25.6 Å². The number of rotatable bonds is 2. The summed E-state index contributed by atoms with van der Waals surface area (Å²) in [5.41, 5.74) is -3.76. The molecule has 4 rings (SSSR count). The second-order valence-corrected chi connectivity index (χ2v) is 9.01. The zero-order chi connectivity index (χ0) is 27.2. The van der Waals surface area contributed by atoms with E-state index in [0.717, 1.165) is 11.4 Å². The van der Waals surface area contributed by atoms with Crippen LogP contribution in [-0.2, 0) is 30.2 Å². The molecular formula is C24H24F3IrN5O3S-2. The van der Waals surface area contributed by atoms with Crippen LogP contribution in [0.1, 0.15) is 20.8 Å². The molecule has 0 aliphatic carbocycles. The van der Waals surface area contributed by atoms with Gasteiger partial charge in [0.05, 0.1) is 11.4 Å². The fourth-order valence-corrected chi connectivity index (χ4v) is 1.88. The summed E-state index contributed by atoms with van der Waals surface area (Å²) in [6.45, 7) is 12.1. The molecule has 1 radical (unpaired) electrons. The Kier molecular flexibility index (Phi) is 14.3. The van der Waals surface area contributed by atoms with E-state index >= 15 is 0 Å². The summed E-state index contributed by atoms with van der Waals surface area (Å²) in [6, 6.07) is 25.4. The molecule has 0 aliphatic rings. The molecule has 0 spiro atoms. The first-order valence-electron chi connectivity index (χ1n) is 10.1. The van der Waals surface area contributed by atoms with Gasteiger partial charge in [-0.1, -0.05) is 0 Å². The fraction of sp³-hybridized carbons (Fsp3) is 0.208. The third kappa shape index (κ3) is 14.1. The average Bonchev–Trinajstić information content (AvgIpc) is 3.55. The number of hydrogen-bond acceptors (Lipinski definition) is 2. The predicted octanol–water partition coefficient (Wildman–Crippen LogP) is 3.54. The Morgan fingerprint density at radius 3 is 1.41 bits per heavy atom. The van der Waals surface area contributed by atoms with Crippen molar-refractivity contribution in [1.29, 1.82) is 0 Å². The van der Waals surface area contributed by atoms with Crippen molar-refractivity contribution < 1.29 is 55.6 Å². The van der Waals surface area contributed by atoms with E-state index < -0.39 is 15.6 Å². The second-order valence-electron chi connectivity index (χ2n) is 7.60. The molecule has 0 amide bonds. The Morgan fingerprint density at radius 2 is 1.22 bits per heavy atom. The van der Waals surface area contributed by atoms with Gasteiger partial charge in [0, 0.05) is 40.9 Å². The Hall–Kier alpha value is -3.30. The molecular weight excluding hydrogens is 688 g/mol. The molecule has 201 valence electrons. The number of halogens is 3. The van der Waals surface area contributed by atoms with Gasteiger partial charge in [0.25, 0.3) is 0 Å². The Morgan fingerprint density at radius 1 is 0.865 bits per heavy atom. The molecule has 4 aromatic rings. The summed E-state index contributed by atoms with van der Waals surface area (Å²) >= 11 is 0. The van der Waals surface area contributed by atoms with Crippen molar-refractivity contribution in [3.05, 3.63) is 109 Å². The van der Waals surface area contributed by atoms with Crippen LogP contribution in [0.3, 0.4) is 0 Å². The van der Waals surface area contributed by atoms with Crippen LogP contribution in [0.2, 0.25) is 0 Å². The van der Waals surface area contributed by atoms with Crippen LogP contribution in [0, 0.1) is 18.7 Å². The molecule has 2 heterocycles. The van der Waals surface area contributed by atoms with Crippen LogP contribution < -0.4 is 19.6 Å². The van der Waals surface area contributed by atoms with Gasteiger partial charge in [-0.3, -0.25) is 13.9 Å². The summed E-state index contributed by atoms with van der Waals surface area (Å²) in [5.74, 6) is 0. The van der Waals surface area contributed by atoms with Gasteiger partial charge in [0.15, 0.2) is 12.4 Å². The van der Waals surface area contributed by atoms with Crippen molar-refractivity contribution in [3.8, 4) is 11.4 Å². The van der Waals surface area contributed by atoms with Gasteiger partial charge < -0.3 is 15.0 Å². The minimum Gasteiger partial charge on any atom is -0.414 e. The van der Waals surface area contributed by atoms with E-state index in [0.29, 0.717) is 0 Å². The average molecular weight is 712 g/mol. The number of hydrogen-bond donors (Lipinski definition) is 1. The molecule has 2 aromatic carbocycles. The van der Waals surface area contributed by atoms with E-state index in [4.69, 9.17) is 19.5 Å². The van der Waals surface area contributed by atoms with E-state index in [2.05, 4.69) is 27.2 Å². The molecule has 2 aromatic heterocycles. The van der Waals surface area contributed by atoms with Gasteiger partial charge >= 0.3 is 15.6 Å². The van der Waals surface area contributed by atoms with E-state index in [1.165, 1.54) is 0 Å². The summed E-state index contributed by atoms with van der Waals surface area (Å²) < 4.78 is 61.1. The first-order valence-corrected chi connectivity index (χ1v) is 11.5. The smallest absolute Gasteiger partial charge is 0.414 e. The van der Waals surface area contributed by atoms with Gasteiger partial charge in [-0.25, -0.2) is 6.57 Å². The molecule has 0 saturated carbocycles. The first kappa shape index (κ1) is 33.7. The summed E-state index contributed by atoms with van der Waals surface area (Å²) in [6.07, 6.45) is 7.29. The van der Waals surface area contributed by atoms with Gasteiger partial charge in [0.2, 0.25) is 5.54 Å². The second kappa shape index (κ2) is 15.7. The Bertz CT molecular complexity index is 1200. The predicted molar refractivity (Wildman–Crippen MR) is 124 cm³/mol. The summed E-state index contributed by atoms with van der Waals surface area (Å²) in [7, 11) is -5.84. The van der Waals surface area contributed by atoms with Gasteiger partial charge in [0.1, 0.15) is 0 Å². The molecule has 0 saturated heterocycles. The molecule has 8 nitrogen and oxygen atoms in total. The molecule has 0 fully saturated rings. The Labute approximate surface area is 227 Å². The molecule has 0 atom stereocenters. The molecule has 0 unspecified atom stereocenters. The van der Waals surface area contributed by atoms with Gasteiger partial charge in [-0.05, 0) is 12.1 Å². The van der Waals surface area contributed by atoms with E-state index in [1.807, 2.05) is 93.8 Å². The van der Waals surface area contributed by atoms with Crippen LogP contribution in [0.4, 0.5) is 13.2 Å². The number of aromatic nitrogens is 4. The number of para-hydroxylation sites is 2. The van der Waals surface area contributed by atoms with Crippen molar-refractivity contribution >= 4 is 10.1 Å². The largest absolute Gasteiger partial charge is 0.522 e. The minimum absolute atomic E-state index is 0. The molecule has 0 aliphatic heterocycles.